The summed E-state index contributed by atoms with van der Waals surface area (Å²) < 4.78 is 29.8. The Labute approximate surface area is 236 Å². The normalized spacial score (nSPS) is 12.3. The van der Waals surface area contributed by atoms with Gasteiger partial charge in [-0.3, -0.25) is 14.6 Å². The summed E-state index contributed by atoms with van der Waals surface area (Å²) in [6.07, 6.45) is 3.64. The van der Waals surface area contributed by atoms with Crippen molar-refractivity contribution in [3.8, 4) is 5.69 Å². The van der Waals surface area contributed by atoms with Crippen LogP contribution in [-0.4, -0.2) is 53.3 Å². The van der Waals surface area contributed by atoms with Gasteiger partial charge in [0.25, 0.3) is 11.8 Å². The first-order chi connectivity index (χ1) is 18.5. The van der Waals surface area contributed by atoms with Gasteiger partial charge in [-0.05, 0) is 54.0 Å². The zero-order valence-corrected chi connectivity index (χ0v) is 25.2. The number of sulfonamides is 1. The Kier molecular flexibility index (Phi) is 9.15. The lowest BCUT2D eigenvalue weighted by molar-refractivity contribution is 0.0933. The Hall–Kier alpha value is -3.64. The molecule has 1 aromatic carbocycles. The van der Waals surface area contributed by atoms with Gasteiger partial charge in [-0.25, -0.2) is 17.8 Å². The summed E-state index contributed by atoms with van der Waals surface area (Å²) in [5, 5.41) is 13.7. The lowest BCUT2D eigenvalue weighted by atomic mass is 9.86. The maximum Gasteiger partial charge on any atom is 0.273 e. The fraction of sp³-hybridized carbons (Fsp3) is 0.464. The highest BCUT2D eigenvalue weighted by atomic mass is 32.2. The van der Waals surface area contributed by atoms with Gasteiger partial charge < -0.3 is 10.6 Å². The van der Waals surface area contributed by atoms with E-state index >= 15 is 0 Å². The van der Waals surface area contributed by atoms with E-state index in [9.17, 15) is 18.0 Å². The summed E-state index contributed by atoms with van der Waals surface area (Å²) in [4.78, 5) is 30.2. The largest absolute Gasteiger partial charge is 0.350 e. The number of anilines is 1. The first-order valence-electron chi connectivity index (χ1n) is 13.1. The van der Waals surface area contributed by atoms with Gasteiger partial charge in [-0.15, -0.1) is 5.10 Å². The molecule has 3 N–H and O–H groups in total. The summed E-state index contributed by atoms with van der Waals surface area (Å²) in [6.45, 7) is 16.3. The average molecular weight is 570 g/mol. The van der Waals surface area contributed by atoms with Gasteiger partial charge in [0.1, 0.15) is 0 Å². The van der Waals surface area contributed by atoms with E-state index in [2.05, 4.69) is 30.7 Å². The molecule has 3 aromatic rings. The van der Waals surface area contributed by atoms with E-state index in [-0.39, 0.29) is 27.5 Å². The number of benzene rings is 1. The number of pyridine rings is 1. The summed E-state index contributed by atoms with van der Waals surface area (Å²) in [5.41, 5.74) is 2.09. The highest BCUT2D eigenvalue weighted by molar-refractivity contribution is 7.89. The molecule has 0 bridgehead atoms. The van der Waals surface area contributed by atoms with Gasteiger partial charge in [0.05, 0.1) is 34.4 Å². The predicted octanol–water partition coefficient (Wildman–Crippen LogP) is 3.98. The Morgan fingerprint density at radius 3 is 2.33 bits per heavy atom. The zero-order chi connectivity index (χ0) is 29.9. The van der Waals surface area contributed by atoms with Crippen molar-refractivity contribution >= 4 is 27.5 Å². The van der Waals surface area contributed by atoms with Crippen LogP contribution in [0.25, 0.3) is 5.69 Å². The summed E-state index contributed by atoms with van der Waals surface area (Å²) in [7, 11) is -3.79. The third kappa shape index (κ3) is 7.95. The van der Waals surface area contributed by atoms with E-state index in [1.165, 1.54) is 23.1 Å². The quantitative estimate of drug-likeness (QED) is 0.353. The standard InChI is InChI=1S/C28H39N7O4S/c1-9-10-31-40(38,39)22-12-19(11-20(13-22)28(6,7)8)25(36)32-21-14-24(18(2)29-15-21)35-16-23(33-34-35)26(37)30-17-27(3,4)5/h11-16,31H,9-10,17H2,1-8H3,(H,30,37)(H,32,36). The Bertz CT molecular complexity index is 1500. The second-order valence-corrected chi connectivity index (χ2v) is 13.7. The maximum absolute atomic E-state index is 13.3. The van der Waals surface area contributed by atoms with Crippen molar-refractivity contribution in [3.63, 3.8) is 0 Å². The average Bonchev–Trinajstić information content (AvgIpc) is 3.36. The van der Waals surface area contributed by atoms with Crippen LogP contribution in [-0.2, 0) is 15.4 Å². The molecule has 0 aliphatic heterocycles. The molecule has 2 amide bonds. The SMILES string of the molecule is CCCNS(=O)(=O)c1cc(C(=O)Nc2cnc(C)c(-n3cc(C(=O)NCC(C)(C)C)nn3)c2)cc(C(C)(C)C)c1. The Balaban J connectivity index is 1.89. The molecule has 0 radical (unpaired) electrons. The van der Waals surface area contributed by atoms with Crippen molar-refractivity contribution in [3.05, 3.63) is 59.2 Å². The van der Waals surface area contributed by atoms with Crippen LogP contribution in [0.15, 0.2) is 41.6 Å². The maximum atomic E-state index is 13.3. The summed E-state index contributed by atoms with van der Waals surface area (Å²) in [6, 6.07) is 6.32. The number of carbonyl (C=O) groups excluding carboxylic acids is 2. The van der Waals surface area contributed by atoms with Crippen LogP contribution in [0.1, 0.15) is 87.0 Å². The highest BCUT2D eigenvalue weighted by Crippen LogP contribution is 2.27. The molecule has 12 heteroatoms. The Morgan fingerprint density at radius 2 is 1.70 bits per heavy atom. The van der Waals surface area contributed by atoms with Crippen molar-refractivity contribution in [2.24, 2.45) is 5.41 Å². The second-order valence-electron chi connectivity index (χ2n) is 12.0. The van der Waals surface area contributed by atoms with Crippen LogP contribution in [0, 0.1) is 12.3 Å². The smallest absolute Gasteiger partial charge is 0.273 e. The minimum atomic E-state index is -3.79. The zero-order valence-electron chi connectivity index (χ0n) is 24.4. The Morgan fingerprint density at radius 1 is 1.00 bits per heavy atom. The van der Waals surface area contributed by atoms with Crippen molar-refractivity contribution < 1.29 is 18.0 Å². The molecule has 0 spiro atoms. The molecular weight excluding hydrogens is 530 g/mol. The van der Waals surface area contributed by atoms with Gasteiger partial charge in [0.15, 0.2) is 5.69 Å². The molecule has 11 nitrogen and oxygen atoms in total. The molecule has 0 saturated carbocycles. The molecule has 2 heterocycles. The summed E-state index contributed by atoms with van der Waals surface area (Å²) >= 11 is 0. The number of nitrogens with one attached hydrogen (secondary N) is 3. The number of amides is 2. The van der Waals surface area contributed by atoms with Gasteiger partial charge >= 0.3 is 0 Å². The van der Waals surface area contributed by atoms with Crippen molar-refractivity contribution in [1.29, 1.82) is 0 Å². The van der Waals surface area contributed by atoms with E-state index in [1.807, 2.05) is 48.5 Å². The molecule has 216 valence electrons. The molecule has 0 aliphatic carbocycles. The highest BCUT2D eigenvalue weighted by Gasteiger charge is 2.23. The summed E-state index contributed by atoms with van der Waals surface area (Å²) in [5.74, 6) is -0.829. The molecule has 0 unspecified atom stereocenters. The van der Waals surface area contributed by atoms with Crippen molar-refractivity contribution in [1.82, 2.24) is 30.0 Å². The lowest BCUT2D eigenvalue weighted by Gasteiger charge is -2.21. The number of hydrogen-bond acceptors (Lipinski definition) is 7. The van der Waals surface area contributed by atoms with E-state index in [0.717, 1.165) is 0 Å². The molecule has 2 aromatic heterocycles. The molecular formula is C28H39N7O4S. The van der Waals surface area contributed by atoms with E-state index in [0.29, 0.717) is 42.1 Å². The topological polar surface area (TPSA) is 148 Å². The van der Waals surface area contributed by atoms with Crippen LogP contribution >= 0.6 is 0 Å². The molecule has 0 saturated heterocycles. The molecule has 0 atom stereocenters. The van der Waals surface area contributed by atoms with Crippen LogP contribution in [0.5, 0.6) is 0 Å². The van der Waals surface area contributed by atoms with Gasteiger partial charge in [0.2, 0.25) is 10.0 Å². The molecule has 0 aliphatic rings. The number of hydrogen-bond donors (Lipinski definition) is 3. The fourth-order valence-electron chi connectivity index (χ4n) is 3.58. The molecule has 0 fully saturated rings. The number of carbonyl (C=O) groups is 2. The van der Waals surface area contributed by atoms with Crippen molar-refractivity contribution in [2.45, 2.75) is 72.1 Å². The predicted molar refractivity (Wildman–Crippen MR) is 154 cm³/mol. The minimum Gasteiger partial charge on any atom is -0.350 e. The number of aryl methyl sites for hydroxylation is 1. The first-order valence-corrected chi connectivity index (χ1v) is 14.6. The number of rotatable bonds is 9. The van der Waals surface area contributed by atoms with Crippen LogP contribution < -0.4 is 15.4 Å². The fourth-order valence-corrected chi connectivity index (χ4v) is 4.79. The first kappa shape index (κ1) is 30.9. The second kappa shape index (κ2) is 11.8. The van der Waals surface area contributed by atoms with Gasteiger partial charge in [0, 0.05) is 18.7 Å². The minimum absolute atomic E-state index is 0.0288. The van der Waals surface area contributed by atoms with E-state index in [4.69, 9.17) is 0 Å². The third-order valence-corrected chi connectivity index (χ3v) is 7.40. The third-order valence-electron chi connectivity index (χ3n) is 5.96. The van der Waals surface area contributed by atoms with E-state index < -0.39 is 21.3 Å². The van der Waals surface area contributed by atoms with Crippen LogP contribution in [0.4, 0.5) is 5.69 Å². The number of aromatic nitrogens is 4. The monoisotopic (exact) mass is 569 g/mol. The lowest BCUT2D eigenvalue weighted by Crippen LogP contribution is -2.32. The van der Waals surface area contributed by atoms with E-state index in [1.54, 1.807) is 25.1 Å². The van der Waals surface area contributed by atoms with Crippen molar-refractivity contribution in [2.75, 3.05) is 18.4 Å². The van der Waals surface area contributed by atoms with Gasteiger partial charge in [-0.1, -0.05) is 53.7 Å². The number of nitrogens with zero attached hydrogens (tertiary/aromatic N) is 4. The van der Waals surface area contributed by atoms with Gasteiger partial charge in [-0.2, -0.15) is 0 Å². The molecule has 40 heavy (non-hydrogen) atoms. The van der Waals surface area contributed by atoms with Crippen LogP contribution in [0.3, 0.4) is 0 Å². The molecule has 3 rings (SSSR count). The van der Waals surface area contributed by atoms with Crippen LogP contribution in [0.2, 0.25) is 0 Å².